The molecule has 1 aromatic rings. The van der Waals surface area contributed by atoms with Crippen molar-refractivity contribution in [3.05, 3.63) is 42.7 Å². The lowest BCUT2D eigenvalue weighted by molar-refractivity contribution is 0.242. The average Bonchev–Trinajstić information content (AvgIpc) is 2.36. The zero-order chi connectivity index (χ0) is 13.4. The van der Waals surface area contributed by atoms with E-state index in [1.807, 2.05) is 0 Å². The van der Waals surface area contributed by atoms with E-state index < -0.39 is 16.6 Å². The Morgan fingerprint density at radius 2 is 2.11 bits per heavy atom. The van der Waals surface area contributed by atoms with Crippen LogP contribution < -0.4 is 10.6 Å². The van der Waals surface area contributed by atoms with Gasteiger partial charge in [0.05, 0.1) is 15.7 Å². The molecule has 0 aliphatic rings. The molecule has 1 rings (SSSR count). The van der Waals surface area contributed by atoms with Gasteiger partial charge in [-0.1, -0.05) is 18.2 Å². The second kappa shape index (κ2) is 7.60. The Hall–Kier alpha value is -1.69. The van der Waals surface area contributed by atoms with Crippen LogP contribution in [0.5, 0.6) is 0 Å². The Kier molecular flexibility index (Phi) is 6.07. The third kappa shape index (κ3) is 4.67. The Bertz CT molecular complexity index is 451. The Balaban J connectivity index is 2.36. The Morgan fingerprint density at radius 1 is 1.39 bits per heavy atom. The standard InChI is InChI=1S/C12H15FN2O2S/c1-2-7-14-12(16)15-8-9-18(17)11-6-4-3-5-10(11)13/h2-6H,1,7-9H2,(H2,14,15,16)/t18-/m1/s1. The number of hydrogen-bond acceptors (Lipinski definition) is 2. The highest BCUT2D eigenvalue weighted by atomic mass is 32.2. The normalized spacial score (nSPS) is 11.6. The fourth-order valence-electron chi connectivity index (χ4n) is 1.22. The van der Waals surface area contributed by atoms with Crippen LogP contribution in [-0.4, -0.2) is 29.1 Å². The third-order valence-corrected chi connectivity index (χ3v) is 3.46. The molecule has 1 aromatic carbocycles. The van der Waals surface area contributed by atoms with Crippen molar-refractivity contribution in [3.8, 4) is 0 Å². The van der Waals surface area contributed by atoms with E-state index >= 15 is 0 Å². The van der Waals surface area contributed by atoms with Gasteiger partial charge in [-0.15, -0.1) is 6.58 Å². The number of halogens is 1. The van der Waals surface area contributed by atoms with Crippen LogP contribution >= 0.6 is 0 Å². The minimum atomic E-state index is -1.45. The fraction of sp³-hybridized carbons (Fsp3) is 0.250. The van der Waals surface area contributed by atoms with E-state index in [0.29, 0.717) is 6.54 Å². The van der Waals surface area contributed by atoms with Crippen molar-refractivity contribution in [2.24, 2.45) is 0 Å². The van der Waals surface area contributed by atoms with Gasteiger partial charge in [-0.25, -0.2) is 9.18 Å². The number of urea groups is 1. The molecule has 0 aromatic heterocycles. The maximum Gasteiger partial charge on any atom is 0.315 e. The van der Waals surface area contributed by atoms with Crippen LogP contribution in [0, 0.1) is 5.82 Å². The van der Waals surface area contributed by atoms with Gasteiger partial charge in [0.15, 0.2) is 0 Å². The molecule has 4 nitrogen and oxygen atoms in total. The summed E-state index contributed by atoms with van der Waals surface area (Å²) >= 11 is 0. The molecule has 1 atom stereocenters. The van der Waals surface area contributed by atoms with Crippen LogP contribution in [0.4, 0.5) is 9.18 Å². The van der Waals surface area contributed by atoms with Gasteiger partial charge in [-0.05, 0) is 12.1 Å². The quantitative estimate of drug-likeness (QED) is 0.768. The molecule has 0 heterocycles. The van der Waals surface area contributed by atoms with Gasteiger partial charge < -0.3 is 10.6 Å². The average molecular weight is 270 g/mol. The molecular formula is C12H15FN2O2S. The highest BCUT2D eigenvalue weighted by Gasteiger charge is 2.09. The summed E-state index contributed by atoms with van der Waals surface area (Å²) in [6, 6.07) is 5.54. The summed E-state index contributed by atoms with van der Waals surface area (Å²) in [7, 11) is -1.45. The maximum atomic E-state index is 13.3. The van der Waals surface area contributed by atoms with Crippen LogP contribution in [0.1, 0.15) is 0 Å². The lowest BCUT2D eigenvalue weighted by Crippen LogP contribution is -2.37. The predicted octanol–water partition coefficient (Wildman–Crippen LogP) is 1.42. The number of carbonyl (C=O) groups excluding carboxylic acids is 1. The molecule has 0 bridgehead atoms. The van der Waals surface area contributed by atoms with E-state index in [4.69, 9.17) is 0 Å². The van der Waals surface area contributed by atoms with Gasteiger partial charge in [-0.2, -0.15) is 0 Å². The van der Waals surface area contributed by atoms with Gasteiger partial charge in [0, 0.05) is 18.8 Å². The van der Waals surface area contributed by atoms with E-state index in [2.05, 4.69) is 17.2 Å². The molecule has 98 valence electrons. The lowest BCUT2D eigenvalue weighted by Gasteiger charge is -2.06. The van der Waals surface area contributed by atoms with Crippen molar-refractivity contribution in [3.63, 3.8) is 0 Å². The smallest absolute Gasteiger partial charge is 0.315 e. The minimum Gasteiger partial charge on any atom is -0.337 e. The van der Waals surface area contributed by atoms with Crippen molar-refractivity contribution in [1.82, 2.24) is 10.6 Å². The first kappa shape index (κ1) is 14.4. The molecule has 0 aliphatic heterocycles. The van der Waals surface area contributed by atoms with Crippen molar-refractivity contribution < 1.29 is 13.4 Å². The summed E-state index contributed by atoms with van der Waals surface area (Å²) in [5.41, 5.74) is 0. The molecule has 0 fully saturated rings. The first-order valence-electron chi connectivity index (χ1n) is 5.40. The maximum absolute atomic E-state index is 13.3. The van der Waals surface area contributed by atoms with Gasteiger partial charge in [0.2, 0.25) is 0 Å². The van der Waals surface area contributed by atoms with Crippen LogP contribution in [0.3, 0.4) is 0 Å². The van der Waals surface area contributed by atoms with Gasteiger partial charge in [0.1, 0.15) is 5.82 Å². The summed E-state index contributed by atoms with van der Waals surface area (Å²) in [4.78, 5) is 11.3. The van der Waals surface area contributed by atoms with Gasteiger partial charge in [-0.3, -0.25) is 4.21 Å². The van der Waals surface area contributed by atoms with Crippen molar-refractivity contribution in [2.75, 3.05) is 18.8 Å². The molecule has 0 radical (unpaired) electrons. The summed E-state index contributed by atoms with van der Waals surface area (Å²) in [5.74, 6) is -0.324. The van der Waals surface area contributed by atoms with E-state index in [1.54, 1.807) is 12.1 Å². The molecule has 18 heavy (non-hydrogen) atoms. The summed E-state index contributed by atoms with van der Waals surface area (Å²) in [5, 5.41) is 5.04. The van der Waals surface area contributed by atoms with Crippen LogP contribution in [-0.2, 0) is 10.8 Å². The zero-order valence-corrected chi connectivity index (χ0v) is 10.6. The molecule has 0 unspecified atom stereocenters. The highest BCUT2D eigenvalue weighted by molar-refractivity contribution is 7.85. The lowest BCUT2D eigenvalue weighted by atomic mass is 10.3. The Labute approximate surface area is 108 Å². The fourth-order valence-corrected chi connectivity index (χ4v) is 2.25. The van der Waals surface area contributed by atoms with E-state index in [9.17, 15) is 13.4 Å². The number of benzene rings is 1. The molecular weight excluding hydrogens is 255 g/mol. The monoisotopic (exact) mass is 270 g/mol. The molecule has 0 saturated heterocycles. The molecule has 2 amide bonds. The SMILES string of the molecule is C=CCNC(=O)NCC[S@@](=O)c1ccccc1F. The first-order valence-corrected chi connectivity index (χ1v) is 6.72. The molecule has 0 saturated carbocycles. The molecule has 2 N–H and O–H groups in total. The second-order valence-electron chi connectivity index (χ2n) is 3.41. The summed E-state index contributed by atoms with van der Waals surface area (Å²) < 4.78 is 25.0. The number of amides is 2. The Morgan fingerprint density at radius 3 is 2.78 bits per heavy atom. The topological polar surface area (TPSA) is 58.2 Å². The molecule has 0 spiro atoms. The second-order valence-corrected chi connectivity index (χ2v) is 4.94. The largest absolute Gasteiger partial charge is 0.337 e. The van der Waals surface area contributed by atoms with Gasteiger partial charge in [0.25, 0.3) is 0 Å². The summed E-state index contributed by atoms with van der Waals surface area (Å²) in [6.45, 7) is 4.03. The van der Waals surface area contributed by atoms with E-state index in [-0.39, 0.29) is 23.2 Å². The van der Waals surface area contributed by atoms with Crippen molar-refractivity contribution in [1.29, 1.82) is 0 Å². The number of rotatable bonds is 6. The van der Waals surface area contributed by atoms with Crippen molar-refractivity contribution >= 4 is 16.8 Å². The predicted molar refractivity (Wildman–Crippen MR) is 69.3 cm³/mol. The number of carbonyl (C=O) groups is 1. The third-order valence-electron chi connectivity index (χ3n) is 2.06. The molecule has 6 heteroatoms. The van der Waals surface area contributed by atoms with E-state index in [1.165, 1.54) is 18.2 Å². The van der Waals surface area contributed by atoms with Crippen LogP contribution in [0.25, 0.3) is 0 Å². The highest BCUT2D eigenvalue weighted by Crippen LogP contribution is 2.11. The number of nitrogens with one attached hydrogen (secondary N) is 2. The first-order chi connectivity index (χ1) is 8.65. The molecule has 0 aliphatic carbocycles. The zero-order valence-electron chi connectivity index (χ0n) is 9.82. The van der Waals surface area contributed by atoms with Crippen LogP contribution in [0.15, 0.2) is 41.8 Å². The minimum absolute atomic E-state index is 0.158. The van der Waals surface area contributed by atoms with E-state index in [0.717, 1.165) is 0 Å². The van der Waals surface area contributed by atoms with Gasteiger partial charge >= 0.3 is 6.03 Å². The van der Waals surface area contributed by atoms with Crippen LogP contribution in [0.2, 0.25) is 0 Å². The van der Waals surface area contributed by atoms with Crippen molar-refractivity contribution in [2.45, 2.75) is 4.90 Å². The summed E-state index contributed by atoms with van der Waals surface area (Å²) in [6.07, 6.45) is 1.55. The number of hydrogen-bond donors (Lipinski definition) is 2.